The van der Waals surface area contributed by atoms with Crippen LogP contribution in [-0.4, -0.2) is 0 Å². The molecule has 3 aromatic rings. The summed E-state index contributed by atoms with van der Waals surface area (Å²) in [5, 5.41) is 1.42. The van der Waals surface area contributed by atoms with Gasteiger partial charge in [-0.2, -0.15) is 0 Å². The smallest absolute Gasteiger partial charge is 0.0354 e. The molecule has 0 aliphatic carbocycles. The van der Waals surface area contributed by atoms with Gasteiger partial charge in [0.25, 0.3) is 0 Å². The van der Waals surface area contributed by atoms with Crippen molar-refractivity contribution >= 4 is 21.4 Å². The average Bonchev–Trinajstić information content (AvgIpc) is 2.90. The minimum atomic E-state index is 0.589. The van der Waals surface area contributed by atoms with E-state index in [1.165, 1.54) is 46.0 Å². The van der Waals surface area contributed by atoms with E-state index >= 15 is 0 Å². The van der Waals surface area contributed by atoms with E-state index in [9.17, 15) is 0 Å². The van der Waals surface area contributed by atoms with Gasteiger partial charge >= 0.3 is 0 Å². The third-order valence-corrected chi connectivity index (χ3v) is 5.49. The van der Waals surface area contributed by atoms with Crippen LogP contribution >= 0.6 is 11.3 Å². The lowest BCUT2D eigenvalue weighted by Gasteiger charge is -2.06. The van der Waals surface area contributed by atoms with Gasteiger partial charge < -0.3 is 0 Å². The highest BCUT2D eigenvalue weighted by molar-refractivity contribution is 7.19. The molecule has 0 amide bonds. The molecule has 114 valence electrons. The lowest BCUT2D eigenvalue weighted by atomic mass is 9.97. The maximum absolute atomic E-state index is 2.40. The summed E-state index contributed by atoms with van der Waals surface area (Å²) in [6, 6.07) is 17.9. The number of aryl methyl sites for hydroxylation is 1. The van der Waals surface area contributed by atoms with Crippen LogP contribution in [0.5, 0.6) is 0 Å². The molecule has 0 bridgehead atoms. The first-order chi connectivity index (χ1) is 10.7. The zero-order valence-electron chi connectivity index (χ0n) is 13.7. The Balaban J connectivity index is 2.18. The zero-order chi connectivity index (χ0) is 15.5. The quantitative estimate of drug-likeness (QED) is 0.474. The molecule has 1 aromatic heterocycles. The van der Waals surface area contributed by atoms with Gasteiger partial charge in [-0.05, 0) is 36.0 Å². The van der Waals surface area contributed by atoms with Crippen LogP contribution in [-0.2, 0) is 6.42 Å². The third-order valence-electron chi connectivity index (χ3n) is 4.27. The summed E-state index contributed by atoms with van der Waals surface area (Å²) in [6.45, 7) is 6.81. The second-order valence-electron chi connectivity index (χ2n) is 6.28. The van der Waals surface area contributed by atoms with Crippen LogP contribution in [0.1, 0.15) is 50.0 Å². The second kappa shape index (κ2) is 6.66. The van der Waals surface area contributed by atoms with Gasteiger partial charge in [0.05, 0.1) is 0 Å². The molecule has 0 aliphatic rings. The highest BCUT2D eigenvalue weighted by Gasteiger charge is 2.14. The van der Waals surface area contributed by atoms with Gasteiger partial charge in [-0.3, -0.25) is 0 Å². The fraction of sp³-hybridized carbons (Fsp3) is 0.333. The van der Waals surface area contributed by atoms with Crippen LogP contribution in [0.4, 0.5) is 0 Å². The van der Waals surface area contributed by atoms with Crippen LogP contribution in [0.2, 0.25) is 0 Å². The number of benzene rings is 2. The molecule has 22 heavy (non-hydrogen) atoms. The maximum Gasteiger partial charge on any atom is 0.0354 e. The van der Waals surface area contributed by atoms with Crippen molar-refractivity contribution in [1.29, 1.82) is 0 Å². The van der Waals surface area contributed by atoms with Gasteiger partial charge in [-0.15, -0.1) is 11.3 Å². The largest absolute Gasteiger partial charge is 0.140 e. The predicted octanol–water partition coefficient (Wildman–Crippen LogP) is 7.03. The SMILES string of the molecule is CCCCc1sc2cc(C(C)C)ccc2c1-c1ccccc1. The Morgan fingerprint density at radius 2 is 1.77 bits per heavy atom. The van der Waals surface area contributed by atoms with E-state index in [2.05, 4.69) is 69.3 Å². The van der Waals surface area contributed by atoms with Gasteiger partial charge in [0.15, 0.2) is 0 Å². The van der Waals surface area contributed by atoms with E-state index in [1.54, 1.807) is 4.88 Å². The molecule has 0 atom stereocenters. The number of unbranched alkanes of at least 4 members (excludes halogenated alkanes) is 1. The monoisotopic (exact) mass is 308 g/mol. The minimum Gasteiger partial charge on any atom is -0.140 e. The third kappa shape index (κ3) is 2.96. The number of hydrogen-bond acceptors (Lipinski definition) is 1. The first kappa shape index (κ1) is 15.3. The highest BCUT2D eigenvalue weighted by Crippen LogP contribution is 2.40. The Hall–Kier alpha value is -1.60. The lowest BCUT2D eigenvalue weighted by molar-refractivity contribution is 0.805. The van der Waals surface area contributed by atoms with Crippen LogP contribution in [0.3, 0.4) is 0 Å². The summed E-state index contributed by atoms with van der Waals surface area (Å²) in [6.07, 6.45) is 3.71. The molecule has 0 saturated heterocycles. The molecule has 0 spiro atoms. The molecule has 0 unspecified atom stereocenters. The van der Waals surface area contributed by atoms with E-state index in [0.29, 0.717) is 5.92 Å². The Kier molecular flexibility index (Phi) is 4.63. The topological polar surface area (TPSA) is 0 Å². The van der Waals surface area contributed by atoms with Crippen molar-refractivity contribution in [2.24, 2.45) is 0 Å². The molecule has 3 rings (SSSR count). The van der Waals surface area contributed by atoms with Crippen molar-refractivity contribution in [2.45, 2.75) is 46.0 Å². The van der Waals surface area contributed by atoms with Gasteiger partial charge in [-0.1, -0.05) is 69.7 Å². The maximum atomic E-state index is 2.40. The molecular weight excluding hydrogens is 284 g/mol. The Bertz CT molecular complexity index is 750. The number of thiophene rings is 1. The van der Waals surface area contributed by atoms with Crippen molar-refractivity contribution < 1.29 is 0 Å². The lowest BCUT2D eigenvalue weighted by Crippen LogP contribution is -1.86. The Morgan fingerprint density at radius 3 is 2.45 bits per heavy atom. The van der Waals surface area contributed by atoms with E-state index in [0.717, 1.165) is 0 Å². The van der Waals surface area contributed by atoms with Crippen molar-refractivity contribution in [1.82, 2.24) is 0 Å². The molecule has 0 aliphatic heterocycles. The van der Waals surface area contributed by atoms with Crippen molar-refractivity contribution in [2.75, 3.05) is 0 Å². The number of fused-ring (bicyclic) bond motifs is 1. The van der Waals surface area contributed by atoms with Crippen LogP contribution in [0.25, 0.3) is 21.2 Å². The average molecular weight is 308 g/mol. The van der Waals surface area contributed by atoms with Crippen LogP contribution in [0.15, 0.2) is 48.5 Å². The summed E-state index contributed by atoms with van der Waals surface area (Å²) in [4.78, 5) is 1.55. The molecule has 2 aromatic carbocycles. The zero-order valence-corrected chi connectivity index (χ0v) is 14.5. The summed E-state index contributed by atoms with van der Waals surface area (Å²) in [7, 11) is 0. The fourth-order valence-electron chi connectivity index (χ4n) is 2.96. The molecular formula is C21H24S. The minimum absolute atomic E-state index is 0.589. The predicted molar refractivity (Wildman–Crippen MR) is 100.0 cm³/mol. The van der Waals surface area contributed by atoms with Gasteiger partial charge in [-0.25, -0.2) is 0 Å². The standard InChI is InChI=1S/C21H24S/c1-4-5-11-19-21(16-9-7-6-8-10-16)18-13-12-17(15(2)3)14-20(18)22-19/h6-10,12-15H,4-5,11H2,1-3H3. The highest BCUT2D eigenvalue weighted by atomic mass is 32.1. The molecule has 1 heteroatoms. The molecule has 1 heterocycles. The fourth-order valence-corrected chi connectivity index (χ4v) is 4.27. The summed E-state index contributed by atoms with van der Waals surface area (Å²) in [5.74, 6) is 0.589. The van der Waals surface area contributed by atoms with E-state index in [4.69, 9.17) is 0 Å². The summed E-state index contributed by atoms with van der Waals surface area (Å²) >= 11 is 1.99. The van der Waals surface area contributed by atoms with Crippen LogP contribution in [0, 0.1) is 0 Å². The van der Waals surface area contributed by atoms with Crippen molar-refractivity contribution in [3.63, 3.8) is 0 Å². The van der Waals surface area contributed by atoms with Crippen molar-refractivity contribution in [3.8, 4) is 11.1 Å². The summed E-state index contributed by atoms with van der Waals surface area (Å²) in [5.41, 5.74) is 4.26. The number of rotatable bonds is 5. The van der Waals surface area contributed by atoms with E-state index < -0.39 is 0 Å². The molecule has 0 saturated carbocycles. The Morgan fingerprint density at radius 1 is 1.00 bits per heavy atom. The van der Waals surface area contributed by atoms with Crippen LogP contribution < -0.4 is 0 Å². The normalized spacial score (nSPS) is 11.5. The number of hydrogen-bond donors (Lipinski definition) is 0. The molecule has 0 fully saturated rings. The molecule has 0 radical (unpaired) electrons. The van der Waals surface area contributed by atoms with Gasteiger partial charge in [0, 0.05) is 20.5 Å². The van der Waals surface area contributed by atoms with Gasteiger partial charge in [0.1, 0.15) is 0 Å². The van der Waals surface area contributed by atoms with E-state index in [-0.39, 0.29) is 0 Å². The van der Waals surface area contributed by atoms with Crippen molar-refractivity contribution in [3.05, 3.63) is 59.0 Å². The Labute approximate surface area is 137 Å². The first-order valence-electron chi connectivity index (χ1n) is 8.31. The van der Waals surface area contributed by atoms with Gasteiger partial charge in [0.2, 0.25) is 0 Å². The second-order valence-corrected chi connectivity index (χ2v) is 7.42. The molecule has 0 N–H and O–H groups in total. The molecule has 0 nitrogen and oxygen atoms in total. The van der Waals surface area contributed by atoms with E-state index in [1.807, 2.05) is 11.3 Å². The first-order valence-corrected chi connectivity index (χ1v) is 9.13. The summed E-state index contributed by atoms with van der Waals surface area (Å²) < 4.78 is 1.44.